The standard InChI is InChI=1S/C12H17F3N2O/c1-2-16-11(8-18-9-12(13,14)15)7-10-5-3-4-6-17-10/h3-6,11,16H,2,7-9H2,1H3. The van der Waals surface area contributed by atoms with Gasteiger partial charge in [0.1, 0.15) is 6.61 Å². The minimum absolute atomic E-state index is 0.0178. The molecule has 0 saturated heterocycles. The van der Waals surface area contributed by atoms with Crippen LogP contribution in [0.15, 0.2) is 24.4 Å². The second-order valence-corrected chi connectivity index (χ2v) is 3.91. The Morgan fingerprint density at radius 3 is 2.72 bits per heavy atom. The second kappa shape index (κ2) is 7.33. The highest BCUT2D eigenvalue weighted by molar-refractivity contribution is 5.05. The van der Waals surface area contributed by atoms with E-state index in [1.807, 2.05) is 19.1 Å². The maximum Gasteiger partial charge on any atom is 0.411 e. The molecule has 1 N–H and O–H groups in total. The SMILES string of the molecule is CCNC(COCC(F)(F)F)Cc1ccccn1. The van der Waals surface area contributed by atoms with Gasteiger partial charge in [0.25, 0.3) is 0 Å². The second-order valence-electron chi connectivity index (χ2n) is 3.91. The third-order valence-electron chi connectivity index (χ3n) is 2.26. The summed E-state index contributed by atoms with van der Waals surface area (Å²) in [5, 5.41) is 3.08. The van der Waals surface area contributed by atoms with Crippen LogP contribution in [-0.4, -0.2) is 37.0 Å². The summed E-state index contributed by atoms with van der Waals surface area (Å²) in [4.78, 5) is 4.14. The number of nitrogens with zero attached hydrogens (tertiary/aromatic N) is 1. The molecule has 102 valence electrons. The lowest BCUT2D eigenvalue weighted by molar-refractivity contribution is -0.175. The molecule has 0 aliphatic heterocycles. The maximum atomic E-state index is 12.0. The first-order valence-electron chi connectivity index (χ1n) is 5.79. The van der Waals surface area contributed by atoms with Crippen molar-refractivity contribution in [2.45, 2.75) is 25.6 Å². The summed E-state index contributed by atoms with van der Waals surface area (Å²) in [7, 11) is 0. The largest absolute Gasteiger partial charge is 0.411 e. The predicted octanol–water partition coefficient (Wildman–Crippen LogP) is 2.18. The number of nitrogens with one attached hydrogen (secondary N) is 1. The molecular formula is C12H17F3N2O. The molecule has 0 aromatic carbocycles. The number of halogens is 3. The first-order chi connectivity index (χ1) is 8.51. The first kappa shape index (κ1) is 14.9. The van der Waals surface area contributed by atoms with Crippen molar-refractivity contribution in [3.63, 3.8) is 0 Å². The minimum Gasteiger partial charge on any atom is -0.370 e. The zero-order valence-electron chi connectivity index (χ0n) is 10.2. The Morgan fingerprint density at radius 2 is 2.17 bits per heavy atom. The predicted molar refractivity (Wildman–Crippen MR) is 62.3 cm³/mol. The molecule has 1 atom stereocenters. The summed E-state index contributed by atoms with van der Waals surface area (Å²) in [5.41, 5.74) is 0.832. The van der Waals surface area contributed by atoms with E-state index in [0.29, 0.717) is 13.0 Å². The van der Waals surface area contributed by atoms with E-state index < -0.39 is 12.8 Å². The summed E-state index contributed by atoms with van der Waals surface area (Å²) in [6.45, 7) is 1.38. The van der Waals surface area contributed by atoms with E-state index in [2.05, 4.69) is 15.0 Å². The molecule has 0 saturated carbocycles. The van der Waals surface area contributed by atoms with Crippen LogP contribution < -0.4 is 5.32 Å². The molecule has 0 spiro atoms. The highest BCUT2D eigenvalue weighted by Gasteiger charge is 2.27. The number of aromatic nitrogens is 1. The van der Waals surface area contributed by atoms with E-state index in [1.54, 1.807) is 12.3 Å². The van der Waals surface area contributed by atoms with Gasteiger partial charge in [0.2, 0.25) is 0 Å². The lowest BCUT2D eigenvalue weighted by atomic mass is 10.1. The Balaban J connectivity index is 2.40. The van der Waals surface area contributed by atoms with Crippen LogP contribution in [0.3, 0.4) is 0 Å². The highest BCUT2D eigenvalue weighted by atomic mass is 19.4. The van der Waals surface area contributed by atoms with E-state index in [-0.39, 0.29) is 12.6 Å². The van der Waals surface area contributed by atoms with Crippen molar-refractivity contribution in [3.8, 4) is 0 Å². The van der Waals surface area contributed by atoms with Crippen molar-refractivity contribution in [1.82, 2.24) is 10.3 Å². The van der Waals surface area contributed by atoms with Crippen molar-refractivity contribution < 1.29 is 17.9 Å². The fourth-order valence-electron chi connectivity index (χ4n) is 1.57. The molecule has 1 rings (SSSR count). The zero-order valence-corrected chi connectivity index (χ0v) is 10.2. The molecular weight excluding hydrogens is 245 g/mol. The average molecular weight is 262 g/mol. The smallest absolute Gasteiger partial charge is 0.370 e. The van der Waals surface area contributed by atoms with Crippen LogP contribution in [0.25, 0.3) is 0 Å². The Hall–Kier alpha value is -1.14. The molecule has 18 heavy (non-hydrogen) atoms. The van der Waals surface area contributed by atoms with Crippen LogP contribution in [0.4, 0.5) is 13.2 Å². The third-order valence-corrected chi connectivity index (χ3v) is 2.26. The van der Waals surface area contributed by atoms with E-state index in [1.165, 1.54) is 0 Å². The first-order valence-corrected chi connectivity index (χ1v) is 5.79. The molecule has 0 fully saturated rings. The minimum atomic E-state index is -4.28. The fourth-order valence-corrected chi connectivity index (χ4v) is 1.57. The van der Waals surface area contributed by atoms with E-state index in [0.717, 1.165) is 5.69 Å². The van der Waals surface area contributed by atoms with Crippen LogP contribution in [0.5, 0.6) is 0 Å². The third kappa shape index (κ3) is 6.56. The molecule has 6 heteroatoms. The highest BCUT2D eigenvalue weighted by Crippen LogP contribution is 2.14. The van der Waals surface area contributed by atoms with E-state index >= 15 is 0 Å². The van der Waals surface area contributed by atoms with Crippen molar-refractivity contribution in [3.05, 3.63) is 30.1 Å². The number of ether oxygens (including phenoxy) is 1. The van der Waals surface area contributed by atoms with Crippen molar-refractivity contribution >= 4 is 0 Å². The van der Waals surface area contributed by atoms with E-state index in [4.69, 9.17) is 0 Å². The molecule has 1 aromatic heterocycles. The number of likely N-dealkylation sites (N-methyl/N-ethyl adjacent to an activating group) is 1. The molecule has 0 amide bonds. The topological polar surface area (TPSA) is 34.1 Å². The zero-order chi connectivity index (χ0) is 13.4. The van der Waals surface area contributed by atoms with Crippen LogP contribution in [0, 0.1) is 0 Å². The van der Waals surface area contributed by atoms with Crippen LogP contribution in [0.2, 0.25) is 0 Å². The average Bonchev–Trinajstić information content (AvgIpc) is 2.29. The Bertz CT molecular complexity index is 330. The number of pyridine rings is 1. The Labute approximate surface area is 104 Å². The number of alkyl halides is 3. The van der Waals surface area contributed by atoms with Gasteiger partial charge in [-0.3, -0.25) is 4.98 Å². The lowest BCUT2D eigenvalue weighted by Crippen LogP contribution is -2.36. The van der Waals surface area contributed by atoms with Gasteiger partial charge in [-0.1, -0.05) is 13.0 Å². The molecule has 0 aliphatic rings. The van der Waals surface area contributed by atoms with Gasteiger partial charge in [-0.2, -0.15) is 13.2 Å². The van der Waals surface area contributed by atoms with Gasteiger partial charge in [0, 0.05) is 24.4 Å². The van der Waals surface area contributed by atoms with Gasteiger partial charge in [0.15, 0.2) is 0 Å². The quantitative estimate of drug-likeness (QED) is 0.818. The normalized spacial score (nSPS) is 13.6. The number of hydrogen-bond acceptors (Lipinski definition) is 3. The van der Waals surface area contributed by atoms with Crippen molar-refractivity contribution in [1.29, 1.82) is 0 Å². The molecule has 0 aliphatic carbocycles. The molecule has 1 unspecified atom stereocenters. The van der Waals surface area contributed by atoms with Crippen molar-refractivity contribution in [2.24, 2.45) is 0 Å². The van der Waals surface area contributed by atoms with Crippen LogP contribution in [-0.2, 0) is 11.2 Å². The molecule has 3 nitrogen and oxygen atoms in total. The fraction of sp³-hybridized carbons (Fsp3) is 0.583. The van der Waals surface area contributed by atoms with Gasteiger partial charge in [0.05, 0.1) is 6.61 Å². The summed E-state index contributed by atoms with van der Waals surface area (Å²) in [6, 6.07) is 5.33. The Kier molecular flexibility index (Phi) is 6.07. The van der Waals surface area contributed by atoms with Gasteiger partial charge in [-0.15, -0.1) is 0 Å². The summed E-state index contributed by atoms with van der Waals surface area (Å²) < 4.78 is 40.6. The summed E-state index contributed by atoms with van der Waals surface area (Å²) in [6.07, 6.45) is -2.07. The Morgan fingerprint density at radius 1 is 1.39 bits per heavy atom. The number of hydrogen-bond donors (Lipinski definition) is 1. The van der Waals surface area contributed by atoms with Crippen LogP contribution >= 0.6 is 0 Å². The summed E-state index contributed by atoms with van der Waals surface area (Å²) >= 11 is 0. The maximum absolute atomic E-state index is 12.0. The van der Waals surface area contributed by atoms with Gasteiger partial charge >= 0.3 is 6.18 Å². The van der Waals surface area contributed by atoms with Gasteiger partial charge in [-0.25, -0.2) is 0 Å². The van der Waals surface area contributed by atoms with Crippen molar-refractivity contribution in [2.75, 3.05) is 19.8 Å². The lowest BCUT2D eigenvalue weighted by Gasteiger charge is -2.18. The molecule has 0 radical (unpaired) electrons. The van der Waals surface area contributed by atoms with Crippen LogP contribution in [0.1, 0.15) is 12.6 Å². The monoisotopic (exact) mass is 262 g/mol. The molecule has 0 bridgehead atoms. The molecule has 1 aromatic rings. The van der Waals surface area contributed by atoms with Gasteiger partial charge in [-0.05, 0) is 18.7 Å². The van der Waals surface area contributed by atoms with Gasteiger partial charge < -0.3 is 10.1 Å². The summed E-state index contributed by atoms with van der Waals surface area (Å²) in [5.74, 6) is 0. The number of rotatable bonds is 7. The molecule has 1 heterocycles. The van der Waals surface area contributed by atoms with E-state index in [9.17, 15) is 13.2 Å².